The molecular weight excluding hydrogens is 226 g/mol. The molecule has 1 aliphatic rings. The smallest absolute Gasteiger partial charge is 0.211 e. The average molecular weight is 251 g/mol. The van der Waals surface area contributed by atoms with Crippen molar-refractivity contribution in [3.63, 3.8) is 0 Å². The van der Waals surface area contributed by atoms with Gasteiger partial charge in [0.05, 0.1) is 12.2 Å². The van der Waals surface area contributed by atoms with Gasteiger partial charge < -0.3 is 9.73 Å². The number of aromatic nitrogens is 1. The molecule has 1 aromatic heterocycles. The van der Waals surface area contributed by atoms with Gasteiger partial charge in [-0.15, -0.1) is 0 Å². The highest BCUT2D eigenvalue weighted by Crippen LogP contribution is 2.25. The molecule has 2 rings (SSSR count). The van der Waals surface area contributed by atoms with Crippen molar-refractivity contribution < 1.29 is 4.42 Å². The summed E-state index contributed by atoms with van der Waals surface area (Å²) in [5.74, 6) is 1.75. The highest BCUT2D eigenvalue weighted by atomic mass is 16.4. The van der Waals surface area contributed by atoms with Crippen LogP contribution in [0.3, 0.4) is 0 Å². The van der Waals surface area contributed by atoms with E-state index in [4.69, 9.17) is 4.42 Å². The average Bonchev–Trinajstić information content (AvgIpc) is 2.83. The summed E-state index contributed by atoms with van der Waals surface area (Å²) in [5, 5.41) is 3.62. The Kier molecular flexibility index (Phi) is 4.40. The molecule has 0 aliphatic carbocycles. The van der Waals surface area contributed by atoms with Crippen molar-refractivity contribution in [2.45, 2.75) is 58.7 Å². The highest BCUT2D eigenvalue weighted by Gasteiger charge is 2.31. The summed E-state index contributed by atoms with van der Waals surface area (Å²) in [6.45, 7) is 10.8. The summed E-state index contributed by atoms with van der Waals surface area (Å²) in [6.07, 6.45) is 4.14. The molecule has 1 fully saturated rings. The second-order valence-electron chi connectivity index (χ2n) is 5.26. The van der Waals surface area contributed by atoms with Crippen molar-refractivity contribution >= 4 is 0 Å². The Labute approximate surface area is 110 Å². The van der Waals surface area contributed by atoms with Gasteiger partial charge in [0.2, 0.25) is 5.89 Å². The first-order valence-corrected chi connectivity index (χ1v) is 7.07. The number of nitrogens with zero attached hydrogens (tertiary/aromatic N) is 2. The zero-order valence-electron chi connectivity index (χ0n) is 11.9. The predicted molar refractivity (Wildman–Crippen MR) is 72.5 cm³/mol. The fraction of sp³-hybridized carbons (Fsp3) is 0.786. The topological polar surface area (TPSA) is 41.3 Å². The molecule has 0 bridgehead atoms. The number of piperazine rings is 1. The van der Waals surface area contributed by atoms with Gasteiger partial charge in [0.25, 0.3) is 0 Å². The lowest BCUT2D eigenvalue weighted by Gasteiger charge is -2.42. The zero-order chi connectivity index (χ0) is 13.1. The van der Waals surface area contributed by atoms with Crippen LogP contribution in [0.1, 0.15) is 51.3 Å². The Hall–Kier alpha value is -0.870. The van der Waals surface area contributed by atoms with Gasteiger partial charge in [-0.3, -0.25) is 4.90 Å². The Morgan fingerprint density at radius 3 is 2.83 bits per heavy atom. The molecule has 0 saturated carbocycles. The monoisotopic (exact) mass is 251 g/mol. The van der Waals surface area contributed by atoms with Crippen LogP contribution in [0.4, 0.5) is 0 Å². The molecule has 0 aromatic carbocycles. The maximum absolute atomic E-state index is 5.69. The molecule has 2 heterocycles. The molecule has 3 atom stereocenters. The normalized spacial score (nSPS) is 27.3. The van der Waals surface area contributed by atoms with Crippen molar-refractivity contribution in [1.82, 2.24) is 15.2 Å². The Balaban J connectivity index is 2.12. The molecule has 0 amide bonds. The summed E-state index contributed by atoms with van der Waals surface area (Å²) in [6, 6.07) is 1.43. The number of oxazole rings is 1. The Morgan fingerprint density at radius 1 is 1.50 bits per heavy atom. The van der Waals surface area contributed by atoms with E-state index in [1.807, 2.05) is 13.1 Å². The number of rotatable bonds is 4. The van der Waals surface area contributed by atoms with Crippen LogP contribution in [0.5, 0.6) is 0 Å². The van der Waals surface area contributed by atoms with E-state index in [0.717, 1.165) is 31.2 Å². The third kappa shape index (κ3) is 2.75. The second kappa shape index (κ2) is 5.85. The van der Waals surface area contributed by atoms with Gasteiger partial charge in [0, 0.05) is 25.2 Å². The summed E-state index contributed by atoms with van der Waals surface area (Å²) in [7, 11) is 0. The lowest BCUT2D eigenvalue weighted by molar-refractivity contribution is 0.0720. The minimum Gasteiger partial charge on any atom is -0.444 e. The minimum absolute atomic E-state index is 0.264. The van der Waals surface area contributed by atoms with Crippen LogP contribution in [0.2, 0.25) is 0 Å². The van der Waals surface area contributed by atoms with Crippen LogP contribution in [0.25, 0.3) is 0 Å². The highest BCUT2D eigenvalue weighted by molar-refractivity contribution is 4.98. The lowest BCUT2D eigenvalue weighted by atomic mass is 10.0. The van der Waals surface area contributed by atoms with Gasteiger partial charge in [-0.2, -0.15) is 0 Å². The van der Waals surface area contributed by atoms with Gasteiger partial charge in [-0.1, -0.05) is 13.8 Å². The molecule has 1 saturated heterocycles. The molecule has 0 radical (unpaired) electrons. The third-order valence-electron chi connectivity index (χ3n) is 4.00. The molecule has 3 unspecified atom stereocenters. The maximum atomic E-state index is 5.69. The molecule has 4 nitrogen and oxygen atoms in total. The first kappa shape index (κ1) is 13.6. The van der Waals surface area contributed by atoms with E-state index < -0.39 is 0 Å². The Bertz CT molecular complexity index is 377. The number of nitrogens with one attached hydrogen (secondary N) is 1. The SMILES string of the molecule is CCC1CN(C(C)c2ncc(C)o2)C(CC)CN1. The van der Waals surface area contributed by atoms with Crippen LogP contribution in [0, 0.1) is 6.92 Å². The predicted octanol–water partition coefficient (Wildman–Crippen LogP) is 2.51. The molecule has 1 aromatic rings. The largest absolute Gasteiger partial charge is 0.444 e. The lowest BCUT2D eigenvalue weighted by Crippen LogP contribution is -2.56. The summed E-state index contributed by atoms with van der Waals surface area (Å²) in [5.41, 5.74) is 0. The van der Waals surface area contributed by atoms with E-state index in [1.165, 1.54) is 6.42 Å². The standard InChI is InChI=1S/C14H25N3O/c1-5-12-9-17(13(6-2)8-15-12)11(4)14-16-7-10(3)18-14/h7,11-13,15H,5-6,8-9H2,1-4H3. The van der Waals surface area contributed by atoms with Gasteiger partial charge in [-0.25, -0.2) is 4.98 Å². The summed E-state index contributed by atoms with van der Waals surface area (Å²) < 4.78 is 5.69. The zero-order valence-corrected chi connectivity index (χ0v) is 11.9. The van der Waals surface area contributed by atoms with E-state index in [1.54, 1.807) is 0 Å². The fourth-order valence-electron chi connectivity index (χ4n) is 2.72. The Morgan fingerprint density at radius 2 is 2.28 bits per heavy atom. The molecule has 4 heteroatoms. The van der Waals surface area contributed by atoms with Crippen LogP contribution in [0.15, 0.2) is 10.6 Å². The second-order valence-corrected chi connectivity index (χ2v) is 5.26. The van der Waals surface area contributed by atoms with Crippen LogP contribution >= 0.6 is 0 Å². The van der Waals surface area contributed by atoms with E-state index >= 15 is 0 Å². The number of hydrogen-bond acceptors (Lipinski definition) is 4. The van der Waals surface area contributed by atoms with Gasteiger partial charge in [0.1, 0.15) is 5.76 Å². The summed E-state index contributed by atoms with van der Waals surface area (Å²) in [4.78, 5) is 6.92. The molecule has 102 valence electrons. The molecule has 0 spiro atoms. The van der Waals surface area contributed by atoms with Crippen LogP contribution in [-0.2, 0) is 0 Å². The van der Waals surface area contributed by atoms with Gasteiger partial charge in [-0.05, 0) is 26.7 Å². The third-order valence-corrected chi connectivity index (χ3v) is 4.00. The van der Waals surface area contributed by atoms with Crippen LogP contribution in [-0.4, -0.2) is 35.1 Å². The van der Waals surface area contributed by atoms with Crippen molar-refractivity contribution in [3.05, 3.63) is 17.8 Å². The molecule has 1 N–H and O–H groups in total. The van der Waals surface area contributed by atoms with Gasteiger partial charge >= 0.3 is 0 Å². The van der Waals surface area contributed by atoms with E-state index in [2.05, 4.69) is 36.0 Å². The minimum atomic E-state index is 0.264. The first-order valence-electron chi connectivity index (χ1n) is 7.07. The number of aryl methyl sites for hydroxylation is 1. The van der Waals surface area contributed by atoms with Crippen molar-refractivity contribution in [3.8, 4) is 0 Å². The molecular formula is C14H25N3O. The first-order chi connectivity index (χ1) is 8.65. The van der Waals surface area contributed by atoms with Gasteiger partial charge in [0.15, 0.2) is 0 Å². The molecule has 18 heavy (non-hydrogen) atoms. The maximum Gasteiger partial charge on any atom is 0.211 e. The van der Waals surface area contributed by atoms with E-state index in [9.17, 15) is 0 Å². The number of hydrogen-bond donors (Lipinski definition) is 1. The molecule has 1 aliphatic heterocycles. The van der Waals surface area contributed by atoms with Crippen LogP contribution < -0.4 is 5.32 Å². The quantitative estimate of drug-likeness (QED) is 0.892. The van der Waals surface area contributed by atoms with E-state index in [-0.39, 0.29) is 6.04 Å². The fourth-order valence-corrected chi connectivity index (χ4v) is 2.72. The van der Waals surface area contributed by atoms with Crippen molar-refractivity contribution in [1.29, 1.82) is 0 Å². The van der Waals surface area contributed by atoms with Crippen molar-refractivity contribution in [2.24, 2.45) is 0 Å². The van der Waals surface area contributed by atoms with Crippen molar-refractivity contribution in [2.75, 3.05) is 13.1 Å². The van der Waals surface area contributed by atoms with E-state index in [0.29, 0.717) is 12.1 Å². The summed E-state index contributed by atoms with van der Waals surface area (Å²) >= 11 is 0.